The van der Waals surface area contributed by atoms with Gasteiger partial charge in [-0.2, -0.15) is 0 Å². The molecule has 2 aliphatic rings. The van der Waals surface area contributed by atoms with Crippen LogP contribution in [0.25, 0.3) is 11.1 Å². The van der Waals surface area contributed by atoms with Crippen LogP contribution < -0.4 is 0 Å². The van der Waals surface area contributed by atoms with Crippen molar-refractivity contribution < 1.29 is 17.6 Å². The second-order valence-electron chi connectivity index (χ2n) is 9.28. The summed E-state index contributed by atoms with van der Waals surface area (Å²) >= 11 is 0. The molecule has 2 fully saturated rings. The molecule has 5 rings (SSSR count). The molecule has 1 aliphatic heterocycles. The van der Waals surface area contributed by atoms with Crippen LogP contribution in [0.5, 0.6) is 0 Å². The quantitative estimate of drug-likeness (QED) is 0.282. The molecule has 5 heteroatoms. The van der Waals surface area contributed by atoms with E-state index in [9.17, 15) is 17.6 Å². The molecule has 1 aliphatic carbocycles. The van der Waals surface area contributed by atoms with Crippen LogP contribution in [0.2, 0.25) is 0 Å². The molecule has 33 heavy (non-hydrogen) atoms. The third-order valence-corrected chi connectivity index (χ3v) is 7.18. The van der Waals surface area contributed by atoms with Crippen molar-refractivity contribution in [3.63, 3.8) is 0 Å². The first-order valence-electron chi connectivity index (χ1n) is 11.8. The van der Waals surface area contributed by atoms with E-state index in [0.717, 1.165) is 74.0 Å². The average molecular weight is 454 g/mol. The van der Waals surface area contributed by atoms with E-state index < -0.39 is 17.5 Å². The Labute approximate surface area is 192 Å². The van der Waals surface area contributed by atoms with Gasteiger partial charge in [-0.3, -0.25) is 4.90 Å². The van der Waals surface area contributed by atoms with Crippen molar-refractivity contribution in [3.8, 4) is 11.1 Å². The molecule has 0 bridgehead atoms. The predicted molar refractivity (Wildman–Crippen MR) is 122 cm³/mol. The Kier molecular flexibility index (Phi) is 6.24. The van der Waals surface area contributed by atoms with Crippen LogP contribution in [0, 0.1) is 23.3 Å². The molecule has 172 valence electrons. The van der Waals surface area contributed by atoms with Gasteiger partial charge in [-0.1, -0.05) is 43.2 Å². The van der Waals surface area contributed by atoms with E-state index in [1.807, 2.05) is 12.1 Å². The molecule has 0 aromatic heterocycles. The molecule has 0 spiro atoms. The second-order valence-corrected chi connectivity index (χ2v) is 9.28. The first kappa shape index (κ1) is 22.1. The third-order valence-electron chi connectivity index (χ3n) is 7.18. The molecule has 1 unspecified atom stereocenters. The number of hydrogen-bond acceptors (Lipinski definition) is 1. The maximum Gasteiger partial charge on any atom is 0.194 e. The molecule has 1 saturated carbocycles. The van der Waals surface area contributed by atoms with Crippen LogP contribution in [0.4, 0.5) is 17.6 Å². The van der Waals surface area contributed by atoms with Gasteiger partial charge in [0.1, 0.15) is 5.82 Å². The summed E-state index contributed by atoms with van der Waals surface area (Å²) in [6, 6.07) is 14.6. The molecule has 0 radical (unpaired) electrons. The van der Waals surface area contributed by atoms with Crippen LogP contribution >= 0.6 is 0 Å². The van der Waals surface area contributed by atoms with Gasteiger partial charge < -0.3 is 0 Å². The summed E-state index contributed by atoms with van der Waals surface area (Å²) in [7, 11) is 0. The highest BCUT2D eigenvalue weighted by Gasteiger charge is 2.29. The monoisotopic (exact) mass is 453 g/mol. The second kappa shape index (κ2) is 9.30. The summed E-state index contributed by atoms with van der Waals surface area (Å²) in [5.41, 5.74) is 4.00. The van der Waals surface area contributed by atoms with Gasteiger partial charge >= 0.3 is 0 Å². The van der Waals surface area contributed by atoms with Crippen molar-refractivity contribution in [3.05, 3.63) is 94.6 Å². The molecule has 1 heterocycles. The fourth-order valence-corrected chi connectivity index (χ4v) is 5.18. The highest BCUT2D eigenvalue weighted by Crippen LogP contribution is 2.42. The normalized spacial score (nSPS) is 18.2. The van der Waals surface area contributed by atoms with Gasteiger partial charge in [-0.15, -0.1) is 0 Å². The summed E-state index contributed by atoms with van der Waals surface area (Å²) in [6.45, 7) is 1.77. The van der Waals surface area contributed by atoms with E-state index in [0.29, 0.717) is 17.0 Å². The van der Waals surface area contributed by atoms with Gasteiger partial charge in [0.2, 0.25) is 0 Å². The molecule has 1 saturated heterocycles. The minimum Gasteiger partial charge on any atom is -0.292 e. The van der Waals surface area contributed by atoms with Gasteiger partial charge in [0.15, 0.2) is 17.5 Å². The van der Waals surface area contributed by atoms with Gasteiger partial charge in [0.05, 0.1) is 6.04 Å². The summed E-state index contributed by atoms with van der Waals surface area (Å²) < 4.78 is 56.0. The number of piperidine rings is 1. The first-order chi connectivity index (χ1) is 16.0. The lowest BCUT2D eigenvalue weighted by atomic mass is 9.78. The molecule has 1 nitrogen and oxygen atoms in total. The lowest BCUT2D eigenvalue weighted by molar-refractivity contribution is 0.187. The molecule has 3 aromatic rings. The maximum atomic E-state index is 14.2. The van der Waals surface area contributed by atoms with Crippen LogP contribution in [0.3, 0.4) is 0 Å². The zero-order valence-corrected chi connectivity index (χ0v) is 18.5. The van der Waals surface area contributed by atoms with E-state index in [1.165, 1.54) is 18.6 Å². The van der Waals surface area contributed by atoms with Crippen molar-refractivity contribution in [2.75, 3.05) is 13.1 Å². The fraction of sp³-hybridized carbons (Fsp3) is 0.357. The van der Waals surface area contributed by atoms with E-state index in [4.69, 9.17) is 0 Å². The van der Waals surface area contributed by atoms with E-state index in [2.05, 4.69) is 11.0 Å². The number of nitrogens with zero attached hydrogens (tertiary/aromatic N) is 1. The zero-order valence-electron chi connectivity index (χ0n) is 18.5. The molecular formula is C28H27F4N. The van der Waals surface area contributed by atoms with Crippen molar-refractivity contribution in [2.45, 2.75) is 50.5 Å². The Morgan fingerprint density at radius 2 is 1.39 bits per heavy atom. The van der Waals surface area contributed by atoms with Crippen molar-refractivity contribution in [1.82, 2.24) is 4.90 Å². The molecule has 0 N–H and O–H groups in total. The largest absolute Gasteiger partial charge is 0.292 e. The summed E-state index contributed by atoms with van der Waals surface area (Å²) in [4.78, 5) is 2.36. The Balaban J connectivity index is 1.69. The minimum atomic E-state index is -1.46. The number of rotatable bonds is 5. The van der Waals surface area contributed by atoms with Crippen molar-refractivity contribution in [2.24, 2.45) is 0 Å². The van der Waals surface area contributed by atoms with Crippen LogP contribution in [0.15, 0.2) is 54.6 Å². The molecule has 3 aromatic carbocycles. The highest BCUT2D eigenvalue weighted by molar-refractivity contribution is 5.70. The number of benzene rings is 3. The van der Waals surface area contributed by atoms with Gasteiger partial charge in [0.25, 0.3) is 0 Å². The van der Waals surface area contributed by atoms with Gasteiger partial charge in [-0.25, -0.2) is 17.6 Å². The standard InChI is InChI=1S/C28H27F4N/c29-22-10-7-19(8-11-22)28(33-13-2-1-3-14-33)23-12-9-20(18-5-4-6-18)15-24(23)21-16-25(30)27(32)26(31)17-21/h7-12,15-18,28H,1-6,13-14H2. The SMILES string of the molecule is Fc1ccc(C(c2ccc(C3CCC3)cc2-c2cc(F)c(F)c(F)c2)N2CCCCC2)cc1. The van der Waals surface area contributed by atoms with E-state index in [-0.39, 0.29) is 11.9 Å². The first-order valence-corrected chi connectivity index (χ1v) is 11.8. The summed E-state index contributed by atoms with van der Waals surface area (Å²) in [6.07, 6.45) is 6.65. The number of halogens is 4. The summed E-state index contributed by atoms with van der Waals surface area (Å²) in [5, 5.41) is 0. The Hall–Kier alpha value is -2.66. The van der Waals surface area contributed by atoms with Crippen LogP contribution in [0.1, 0.15) is 67.2 Å². The summed E-state index contributed by atoms with van der Waals surface area (Å²) in [5.74, 6) is -3.71. The lowest BCUT2D eigenvalue weighted by Crippen LogP contribution is -2.34. The zero-order chi connectivity index (χ0) is 22.9. The molecule has 1 atom stereocenters. The van der Waals surface area contributed by atoms with Crippen molar-refractivity contribution in [1.29, 1.82) is 0 Å². The number of hydrogen-bond donors (Lipinski definition) is 0. The van der Waals surface area contributed by atoms with Gasteiger partial charge in [0, 0.05) is 0 Å². The molecule has 0 amide bonds. The Morgan fingerprint density at radius 3 is 2.00 bits per heavy atom. The Morgan fingerprint density at radius 1 is 0.727 bits per heavy atom. The molecular weight excluding hydrogens is 426 g/mol. The maximum absolute atomic E-state index is 14.2. The fourth-order valence-electron chi connectivity index (χ4n) is 5.18. The average Bonchev–Trinajstić information content (AvgIpc) is 2.79. The Bertz CT molecular complexity index is 1110. The third kappa shape index (κ3) is 4.43. The minimum absolute atomic E-state index is 0.187. The predicted octanol–water partition coefficient (Wildman–Crippen LogP) is 7.75. The van der Waals surface area contributed by atoms with Crippen LogP contribution in [-0.2, 0) is 0 Å². The highest BCUT2D eigenvalue weighted by atomic mass is 19.2. The van der Waals surface area contributed by atoms with Gasteiger partial charge in [-0.05, 0) is 96.8 Å². The van der Waals surface area contributed by atoms with E-state index >= 15 is 0 Å². The topological polar surface area (TPSA) is 3.24 Å². The lowest BCUT2D eigenvalue weighted by Gasteiger charge is -2.37. The van der Waals surface area contributed by atoms with Crippen molar-refractivity contribution >= 4 is 0 Å². The number of likely N-dealkylation sites (tertiary alicyclic amines) is 1. The van der Waals surface area contributed by atoms with Crippen LogP contribution in [-0.4, -0.2) is 18.0 Å². The van der Waals surface area contributed by atoms with E-state index in [1.54, 1.807) is 12.1 Å². The smallest absolute Gasteiger partial charge is 0.194 e.